The fourth-order valence-electron chi connectivity index (χ4n) is 1.59. The summed E-state index contributed by atoms with van der Waals surface area (Å²) in [6.45, 7) is 6.37. The lowest BCUT2D eigenvalue weighted by Crippen LogP contribution is -2.45. The van der Waals surface area contributed by atoms with Crippen LogP contribution in [0.1, 0.15) is 46.0 Å². The van der Waals surface area contributed by atoms with E-state index in [1.54, 1.807) is 0 Å². The fraction of sp³-hybridized carbons (Fsp3) is 1.00. The Morgan fingerprint density at radius 1 is 1.46 bits per heavy atom. The van der Waals surface area contributed by atoms with Crippen LogP contribution in [-0.2, 0) is 0 Å². The van der Waals surface area contributed by atoms with Gasteiger partial charge >= 0.3 is 0 Å². The minimum Gasteiger partial charge on any atom is -0.324 e. The van der Waals surface area contributed by atoms with Crippen LogP contribution < -0.4 is 11.1 Å². The summed E-state index contributed by atoms with van der Waals surface area (Å²) in [7, 11) is 0. The Labute approximate surface area is 82.3 Å². The van der Waals surface area contributed by atoms with E-state index in [9.17, 15) is 0 Å². The van der Waals surface area contributed by atoms with Gasteiger partial charge in [0.2, 0.25) is 0 Å². The highest BCUT2D eigenvalue weighted by atomic mass is 14.9. The molecule has 1 fully saturated rings. The highest BCUT2D eigenvalue weighted by Gasteiger charge is 2.18. The molecule has 0 aromatic carbocycles. The van der Waals surface area contributed by atoms with Crippen molar-refractivity contribution in [2.45, 2.75) is 51.5 Å². The van der Waals surface area contributed by atoms with E-state index >= 15 is 0 Å². The van der Waals surface area contributed by atoms with Crippen LogP contribution >= 0.6 is 0 Å². The highest BCUT2D eigenvalue weighted by molar-refractivity contribution is 4.79. The Morgan fingerprint density at radius 2 is 2.15 bits per heavy atom. The highest BCUT2D eigenvalue weighted by Crippen LogP contribution is 2.28. The van der Waals surface area contributed by atoms with Crippen LogP contribution in [0.25, 0.3) is 0 Å². The van der Waals surface area contributed by atoms with Crippen molar-refractivity contribution in [2.24, 2.45) is 11.7 Å². The van der Waals surface area contributed by atoms with Gasteiger partial charge < -0.3 is 11.1 Å². The normalized spacial score (nSPS) is 22.4. The lowest BCUT2D eigenvalue weighted by molar-refractivity contribution is 0.287. The van der Waals surface area contributed by atoms with Gasteiger partial charge in [0.15, 0.2) is 0 Å². The average molecular weight is 184 g/mol. The molecule has 2 heteroatoms. The number of nitrogens with one attached hydrogen (secondary N) is 1. The molecule has 13 heavy (non-hydrogen) atoms. The van der Waals surface area contributed by atoms with E-state index in [1.807, 2.05) is 0 Å². The van der Waals surface area contributed by atoms with Crippen LogP contribution in [0.15, 0.2) is 0 Å². The molecular weight excluding hydrogens is 160 g/mol. The first-order valence-electron chi connectivity index (χ1n) is 5.63. The maximum atomic E-state index is 6.02. The van der Waals surface area contributed by atoms with Gasteiger partial charge in [-0.05, 0) is 32.2 Å². The minimum absolute atomic E-state index is 0.0143. The second-order valence-electron chi connectivity index (χ2n) is 4.77. The molecule has 0 aromatic rings. The van der Waals surface area contributed by atoms with Crippen molar-refractivity contribution in [3.05, 3.63) is 0 Å². The monoisotopic (exact) mass is 184 g/mol. The molecule has 0 aliphatic heterocycles. The largest absolute Gasteiger partial charge is 0.324 e. The third-order valence-corrected chi connectivity index (χ3v) is 3.29. The second-order valence-corrected chi connectivity index (χ2v) is 4.77. The Morgan fingerprint density at radius 3 is 2.62 bits per heavy atom. The molecule has 1 saturated carbocycles. The van der Waals surface area contributed by atoms with Gasteiger partial charge in [-0.25, -0.2) is 0 Å². The summed E-state index contributed by atoms with van der Waals surface area (Å²) in [6.07, 6.45) is 6.75. The van der Waals surface area contributed by atoms with Crippen molar-refractivity contribution in [2.75, 3.05) is 13.1 Å². The predicted octanol–water partition coefficient (Wildman–Crippen LogP) is 1.89. The molecule has 0 saturated heterocycles. The van der Waals surface area contributed by atoms with Gasteiger partial charge in [-0.15, -0.1) is 0 Å². The molecule has 0 spiro atoms. The fourth-order valence-corrected chi connectivity index (χ4v) is 1.59. The lowest BCUT2D eigenvalue weighted by Gasteiger charge is -2.27. The molecule has 1 aliphatic rings. The molecule has 1 aliphatic carbocycles. The molecule has 1 atom stereocenters. The topological polar surface area (TPSA) is 38.0 Å². The van der Waals surface area contributed by atoms with Crippen molar-refractivity contribution in [1.82, 2.24) is 5.32 Å². The van der Waals surface area contributed by atoms with Crippen LogP contribution in [0.2, 0.25) is 0 Å². The van der Waals surface area contributed by atoms with Crippen LogP contribution in [0.3, 0.4) is 0 Å². The third kappa shape index (κ3) is 4.10. The van der Waals surface area contributed by atoms with Crippen molar-refractivity contribution in [3.8, 4) is 0 Å². The quantitative estimate of drug-likeness (QED) is 0.619. The smallest absolute Gasteiger partial charge is 0.0249 e. The Kier molecular flexibility index (Phi) is 4.20. The number of hydrogen-bond donors (Lipinski definition) is 2. The summed E-state index contributed by atoms with van der Waals surface area (Å²) in [5.74, 6) is 1.01. The van der Waals surface area contributed by atoms with Crippen LogP contribution in [0.4, 0.5) is 0 Å². The van der Waals surface area contributed by atoms with E-state index in [0.29, 0.717) is 0 Å². The van der Waals surface area contributed by atoms with E-state index < -0.39 is 0 Å². The first-order valence-corrected chi connectivity index (χ1v) is 5.63. The van der Waals surface area contributed by atoms with Gasteiger partial charge in [-0.1, -0.05) is 26.2 Å². The number of hydrogen-bond acceptors (Lipinski definition) is 2. The lowest BCUT2D eigenvalue weighted by atomic mass is 9.83. The minimum atomic E-state index is -0.0143. The predicted molar refractivity (Wildman–Crippen MR) is 57.7 cm³/mol. The van der Waals surface area contributed by atoms with E-state index in [1.165, 1.54) is 25.7 Å². The maximum Gasteiger partial charge on any atom is 0.0249 e. The number of nitrogens with two attached hydrogens (primary N) is 1. The Hall–Kier alpha value is -0.0800. The summed E-state index contributed by atoms with van der Waals surface area (Å²) >= 11 is 0. The van der Waals surface area contributed by atoms with Gasteiger partial charge in [0, 0.05) is 12.1 Å². The Balaban J connectivity index is 1.93. The standard InChI is InChI=1S/C11H24N2/c1-3-11(2,12)9-13-8-7-10-5-4-6-10/h10,13H,3-9,12H2,1-2H3. The van der Waals surface area contributed by atoms with Crippen molar-refractivity contribution in [3.63, 3.8) is 0 Å². The molecular formula is C11H24N2. The molecule has 1 rings (SSSR count). The zero-order valence-electron chi connectivity index (χ0n) is 9.10. The van der Waals surface area contributed by atoms with E-state index in [4.69, 9.17) is 5.73 Å². The van der Waals surface area contributed by atoms with Gasteiger partial charge in [-0.2, -0.15) is 0 Å². The van der Waals surface area contributed by atoms with E-state index in [-0.39, 0.29) is 5.54 Å². The van der Waals surface area contributed by atoms with Crippen LogP contribution in [-0.4, -0.2) is 18.6 Å². The molecule has 0 amide bonds. The summed E-state index contributed by atoms with van der Waals surface area (Å²) in [5.41, 5.74) is 6.00. The van der Waals surface area contributed by atoms with Crippen LogP contribution in [0, 0.1) is 5.92 Å². The summed E-state index contributed by atoms with van der Waals surface area (Å²) in [5, 5.41) is 3.45. The second kappa shape index (κ2) is 4.97. The molecule has 0 radical (unpaired) electrons. The molecule has 0 heterocycles. The van der Waals surface area contributed by atoms with Crippen molar-refractivity contribution < 1.29 is 0 Å². The van der Waals surface area contributed by atoms with Gasteiger partial charge in [0.1, 0.15) is 0 Å². The molecule has 3 N–H and O–H groups in total. The first kappa shape index (κ1) is 11.0. The maximum absolute atomic E-state index is 6.02. The average Bonchev–Trinajstić information content (AvgIpc) is 2.01. The van der Waals surface area contributed by atoms with Gasteiger partial charge in [0.25, 0.3) is 0 Å². The zero-order valence-corrected chi connectivity index (χ0v) is 9.10. The van der Waals surface area contributed by atoms with E-state index in [0.717, 1.165) is 25.4 Å². The Bertz CT molecular complexity index is 139. The van der Waals surface area contributed by atoms with E-state index in [2.05, 4.69) is 19.2 Å². The molecule has 1 unspecified atom stereocenters. The van der Waals surface area contributed by atoms with Crippen LogP contribution in [0.5, 0.6) is 0 Å². The summed E-state index contributed by atoms with van der Waals surface area (Å²) in [4.78, 5) is 0. The third-order valence-electron chi connectivity index (χ3n) is 3.29. The molecule has 0 aromatic heterocycles. The SMILES string of the molecule is CCC(C)(N)CNCCC1CCC1. The first-order chi connectivity index (χ1) is 6.14. The summed E-state index contributed by atoms with van der Waals surface area (Å²) < 4.78 is 0. The van der Waals surface area contributed by atoms with Crippen molar-refractivity contribution >= 4 is 0 Å². The van der Waals surface area contributed by atoms with Gasteiger partial charge in [0.05, 0.1) is 0 Å². The summed E-state index contributed by atoms with van der Waals surface area (Å²) in [6, 6.07) is 0. The zero-order chi connectivity index (χ0) is 9.73. The van der Waals surface area contributed by atoms with Crippen molar-refractivity contribution in [1.29, 1.82) is 0 Å². The number of rotatable bonds is 6. The molecule has 2 nitrogen and oxygen atoms in total. The van der Waals surface area contributed by atoms with Gasteiger partial charge in [-0.3, -0.25) is 0 Å². The molecule has 0 bridgehead atoms. The molecule has 78 valence electrons.